The van der Waals surface area contributed by atoms with E-state index in [4.69, 9.17) is 18.0 Å². The second-order valence-corrected chi connectivity index (χ2v) is 5.18. The number of nitrogens with two attached hydrogens (primary N) is 1. The Morgan fingerprint density at radius 2 is 2.00 bits per heavy atom. The van der Waals surface area contributed by atoms with Crippen molar-refractivity contribution in [3.8, 4) is 0 Å². The number of thioether (sulfide) groups is 1. The first kappa shape index (κ1) is 11.5. The first-order chi connectivity index (χ1) is 6.63. The second-order valence-electron chi connectivity index (χ2n) is 3.23. The third-order valence-electron chi connectivity index (χ3n) is 2.05. The van der Waals surface area contributed by atoms with Gasteiger partial charge in [-0.15, -0.1) is 11.8 Å². The average Bonchev–Trinajstić information content (AvgIpc) is 2.18. The summed E-state index contributed by atoms with van der Waals surface area (Å²) in [6, 6.07) is 8.11. The summed E-state index contributed by atoms with van der Waals surface area (Å²) in [5.41, 5.74) is 6.45. The molecule has 1 unspecified atom stereocenters. The summed E-state index contributed by atoms with van der Waals surface area (Å²) in [6.45, 7) is 4.42. The van der Waals surface area contributed by atoms with Crippen LogP contribution in [0.25, 0.3) is 0 Å². The van der Waals surface area contributed by atoms with Crippen LogP contribution in [0.2, 0.25) is 0 Å². The van der Waals surface area contributed by atoms with Crippen LogP contribution < -0.4 is 5.73 Å². The van der Waals surface area contributed by atoms with Crippen molar-refractivity contribution in [3.05, 3.63) is 29.8 Å². The number of rotatable bonds is 4. The molecule has 0 aliphatic heterocycles. The highest BCUT2D eigenvalue weighted by Crippen LogP contribution is 2.24. The zero-order chi connectivity index (χ0) is 10.6. The fraction of sp³-hybridized carbons (Fsp3) is 0.364. The molecular weight excluding hydrogens is 210 g/mol. The largest absolute Gasteiger partial charge is 0.389 e. The minimum Gasteiger partial charge on any atom is -0.389 e. The molecule has 0 radical (unpaired) electrons. The molecule has 14 heavy (non-hydrogen) atoms. The van der Waals surface area contributed by atoms with Crippen LogP contribution in [-0.4, -0.2) is 10.2 Å². The van der Waals surface area contributed by atoms with Crippen LogP contribution in [0, 0.1) is 0 Å². The van der Waals surface area contributed by atoms with Gasteiger partial charge >= 0.3 is 0 Å². The third-order valence-corrected chi connectivity index (χ3v) is 3.57. The minimum absolute atomic E-state index is 0.463. The van der Waals surface area contributed by atoms with E-state index < -0.39 is 0 Å². The lowest BCUT2D eigenvalue weighted by molar-refractivity contribution is 0.905. The molecule has 0 heterocycles. The van der Waals surface area contributed by atoms with Crippen molar-refractivity contribution in [2.75, 3.05) is 0 Å². The van der Waals surface area contributed by atoms with Crippen LogP contribution in [0.4, 0.5) is 0 Å². The van der Waals surface area contributed by atoms with Crippen molar-refractivity contribution in [1.29, 1.82) is 0 Å². The molecule has 0 saturated carbocycles. The summed E-state index contributed by atoms with van der Waals surface area (Å²) in [6.07, 6.45) is 1.18. The quantitative estimate of drug-likeness (QED) is 0.629. The Balaban J connectivity index is 2.68. The standard InChI is InChI=1S/C11H15NS2/c1-3-8(2)14-10-6-4-9(5-7-10)11(12)13/h4-8H,3H2,1-2H3,(H2,12,13). The number of hydrogen-bond acceptors (Lipinski definition) is 2. The Kier molecular flexibility index (Phi) is 4.42. The molecule has 0 saturated heterocycles. The molecule has 0 aromatic heterocycles. The van der Waals surface area contributed by atoms with Gasteiger partial charge in [-0.05, 0) is 18.6 Å². The maximum Gasteiger partial charge on any atom is 0.103 e. The van der Waals surface area contributed by atoms with Crippen LogP contribution in [0.1, 0.15) is 25.8 Å². The van der Waals surface area contributed by atoms with Gasteiger partial charge in [-0.1, -0.05) is 38.2 Å². The molecule has 0 bridgehead atoms. The lowest BCUT2D eigenvalue weighted by Crippen LogP contribution is -2.08. The first-order valence-corrected chi connectivity index (χ1v) is 5.98. The van der Waals surface area contributed by atoms with Gasteiger partial charge in [0.15, 0.2) is 0 Å². The fourth-order valence-electron chi connectivity index (χ4n) is 1.01. The number of benzene rings is 1. The Morgan fingerprint density at radius 3 is 2.43 bits per heavy atom. The molecule has 1 rings (SSSR count). The molecule has 1 atom stereocenters. The average molecular weight is 225 g/mol. The van der Waals surface area contributed by atoms with Gasteiger partial charge in [0.25, 0.3) is 0 Å². The Bertz CT molecular complexity index is 306. The molecule has 1 aromatic carbocycles. The van der Waals surface area contributed by atoms with E-state index in [9.17, 15) is 0 Å². The van der Waals surface area contributed by atoms with Gasteiger partial charge in [-0.25, -0.2) is 0 Å². The predicted octanol–water partition coefficient (Wildman–Crippen LogP) is 3.21. The molecule has 0 aliphatic rings. The van der Waals surface area contributed by atoms with Gasteiger partial charge in [-0.3, -0.25) is 0 Å². The van der Waals surface area contributed by atoms with Crippen molar-refractivity contribution >= 4 is 29.0 Å². The number of thiocarbonyl (C=S) groups is 1. The smallest absolute Gasteiger partial charge is 0.103 e. The van der Waals surface area contributed by atoms with Crippen molar-refractivity contribution in [3.63, 3.8) is 0 Å². The molecule has 0 fully saturated rings. The van der Waals surface area contributed by atoms with Gasteiger partial charge in [-0.2, -0.15) is 0 Å². The van der Waals surface area contributed by atoms with E-state index in [1.165, 1.54) is 11.3 Å². The van der Waals surface area contributed by atoms with Gasteiger partial charge < -0.3 is 5.73 Å². The van der Waals surface area contributed by atoms with E-state index in [-0.39, 0.29) is 0 Å². The van der Waals surface area contributed by atoms with Crippen molar-refractivity contribution in [2.24, 2.45) is 5.73 Å². The van der Waals surface area contributed by atoms with E-state index in [0.717, 1.165) is 5.56 Å². The van der Waals surface area contributed by atoms with E-state index in [0.29, 0.717) is 10.2 Å². The highest BCUT2D eigenvalue weighted by Gasteiger charge is 2.02. The van der Waals surface area contributed by atoms with Gasteiger partial charge in [0, 0.05) is 15.7 Å². The molecule has 0 spiro atoms. The zero-order valence-corrected chi connectivity index (χ0v) is 10.1. The van der Waals surface area contributed by atoms with Gasteiger partial charge in [0.1, 0.15) is 4.99 Å². The molecule has 76 valence electrons. The summed E-state index contributed by atoms with van der Waals surface area (Å²) in [5, 5.41) is 0.658. The van der Waals surface area contributed by atoms with Crippen LogP contribution in [-0.2, 0) is 0 Å². The Hall–Kier alpha value is -0.540. The Morgan fingerprint density at radius 1 is 1.43 bits per heavy atom. The Labute approximate surface area is 95.1 Å². The minimum atomic E-state index is 0.463. The monoisotopic (exact) mass is 225 g/mol. The summed E-state index contributed by atoms with van der Waals surface area (Å²) >= 11 is 6.77. The first-order valence-electron chi connectivity index (χ1n) is 4.70. The van der Waals surface area contributed by atoms with Crippen LogP contribution in [0.3, 0.4) is 0 Å². The van der Waals surface area contributed by atoms with E-state index in [1.54, 1.807) is 0 Å². The highest BCUT2D eigenvalue weighted by molar-refractivity contribution is 7.99. The second kappa shape index (κ2) is 5.37. The molecule has 3 heteroatoms. The normalized spacial score (nSPS) is 12.4. The van der Waals surface area contributed by atoms with Gasteiger partial charge in [0.2, 0.25) is 0 Å². The molecule has 0 aliphatic carbocycles. The van der Waals surface area contributed by atoms with Crippen molar-refractivity contribution < 1.29 is 0 Å². The topological polar surface area (TPSA) is 26.0 Å². The van der Waals surface area contributed by atoms with Gasteiger partial charge in [0.05, 0.1) is 0 Å². The maximum atomic E-state index is 5.52. The predicted molar refractivity (Wildman–Crippen MR) is 67.9 cm³/mol. The third kappa shape index (κ3) is 3.31. The lowest BCUT2D eigenvalue weighted by Gasteiger charge is -2.08. The maximum absolute atomic E-state index is 5.52. The molecule has 2 N–H and O–H groups in total. The van der Waals surface area contributed by atoms with Crippen LogP contribution in [0.15, 0.2) is 29.2 Å². The van der Waals surface area contributed by atoms with Crippen molar-refractivity contribution in [1.82, 2.24) is 0 Å². The highest BCUT2D eigenvalue weighted by atomic mass is 32.2. The van der Waals surface area contributed by atoms with Crippen LogP contribution >= 0.6 is 24.0 Å². The van der Waals surface area contributed by atoms with E-state index >= 15 is 0 Å². The summed E-state index contributed by atoms with van der Waals surface area (Å²) in [4.78, 5) is 1.74. The SMILES string of the molecule is CCC(C)Sc1ccc(C(N)=S)cc1. The molecule has 0 amide bonds. The summed E-state index contributed by atoms with van der Waals surface area (Å²) in [7, 11) is 0. The van der Waals surface area contributed by atoms with Crippen molar-refractivity contribution in [2.45, 2.75) is 30.4 Å². The number of hydrogen-bond donors (Lipinski definition) is 1. The lowest BCUT2D eigenvalue weighted by atomic mass is 10.2. The molecule has 1 nitrogen and oxygen atoms in total. The fourth-order valence-corrected chi connectivity index (χ4v) is 2.07. The van der Waals surface area contributed by atoms with Crippen LogP contribution in [0.5, 0.6) is 0 Å². The molecule has 1 aromatic rings. The van der Waals surface area contributed by atoms with E-state index in [2.05, 4.69) is 26.0 Å². The van der Waals surface area contributed by atoms with E-state index in [1.807, 2.05) is 23.9 Å². The summed E-state index contributed by atoms with van der Waals surface area (Å²) < 4.78 is 0. The summed E-state index contributed by atoms with van der Waals surface area (Å²) in [5.74, 6) is 0. The zero-order valence-electron chi connectivity index (χ0n) is 8.49. The molecular formula is C11H15NS2.